The van der Waals surface area contributed by atoms with Gasteiger partial charge in [-0.15, -0.1) is 0 Å². The normalized spacial score (nSPS) is 11.2. The lowest BCUT2D eigenvalue weighted by Gasteiger charge is -2.29. The number of nitrogens with zero attached hydrogens (tertiary/aromatic N) is 3. The van der Waals surface area contributed by atoms with Crippen LogP contribution in [0.1, 0.15) is 34.1 Å². The molecular weight excluding hydrogens is 324 g/mol. The number of carbonyl (C=O) groups is 2. The molecular formula is C17H36N4O2S. The second kappa shape index (κ2) is 14.5. The third-order valence-electron chi connectivity index (χ3n) is 4.23. The number of carbonyl (C=O) groups excluding carboxylic acids is 2. The number of likely N-dealkylation sites (N-methyl/N-ethyl adjacent to an activating group) is 2. The highest BCUT2D eigenvalue weighted by Crippen LogP contribution is 2.05. The maximum Gasteiger partial charge on any atom is 0.232 e. The fraction of sp³-hybridized carbons (Fsp3) is 0.882. The maximum absolute atomic E-state index is 12.5. The summed E-state index contributed by atoms with van der Waals surface area (Å²) in [5.41, 5.74) is 5.13. The van der Waals surface area contributed by atoms with Crippen molar-refractivity contribution < 1.29 is 9.59 Å². The quantitative estimate of drug-likeness (QED) is 0.443. The summed E-state index contributed by atoms with van der Waals surface area (Å²) in [6.07, 6.45) is 0.330. The molecule has 0 aliphatic heterocycles. The molecule has 7 heteroatoms. The number of hydrogen-bond acceptors (Lipinski definition) is 5. The van der Waals surface area contributed by atoms with Crippen LogP contribution in [0.4, 0.5) is 0 Å². The van der Waals surface area contributed by atoms with E-state index in [1.54, 1.807) is 0 Å². The summed E-state index contributed by atoms with van der Waals surface area (Å²) in [5.74, 6) is 0.878. The van der Waals surface area contributed by atoms with Gasteiger partial charge in [-0.05, 0) is 26.2 Å². The molecule has 0 radical (unpaired) electrons. The van der Waals surface area contributed by atoms with Crippen LogP contribution in [0.5, 0.6) is 0 Å². The first kappa shape index (κ1) is 23.2. The molecule has 0 aliphatic rings. The maximum atomic E-state index is 12.5. The predicted molar refractivity (Wildman–Crippen MR) is 103 cm³/mol. The van der Waals surface area contributed by atoms with E-state index >= 15 is 0 Å². The number of thioether (sulfide) groups is 1. The molecule has 6 nitrogen and oxygen atoms in total. The molecule has 0 saturated carbocycles. The van der Waals surface area contributed by atoms with Gasteiger partial charge in [0.1, 0.15) is 0 Å². The molecule has 0 heterocycles. The van der Waals surface area contributed by atoms with Gasteiger partial charge < -0.3 is 20.4 Å². The van der Waals surface area contributed by atoms with Crippen molar-refractivity contribution in [2.45, 2.75) is 34.1 Å². The molecule has 0 aliphatic carbocycles. The number of nitrogens with two attached hydrogens (primary N) is 1. The topological polar surface area (TPSA) is 69.9 Å². The summed E-state index contributed by atoms with van der Waals surface area (Å²) < 4.78 is 0. The van der Waals surface area contributed by atoms with Crippen molar-refractivity contribution in [3.8, 4) is 0 Å². The van der Waals surface area contributed by atoms with Crippen LogP contribution in [0, 0.1) is 0 Å². The van der Waals surface area contributed by atoms with Crippen LogP contribution in [0.15, 0.2) is 0 Å². The van der Waals surface area contributed by atoms with Crippen molar-refractivity contribution >= 4 is 23.6 Å². The van der Waals surface area contributed by atoms with Gasteiger partial charge in [0.2, 0.25) is 11.8 Å². The first-order valence-corrected chi connectivity index (χ1v) is 10.2. The summed E-state index contributed by atoms with van der Waals surface area (Å²) >= 11 is 1.49. The average Bonchev–Trinajstić information content (AvgIpc) is 2.58. The summed E-state index contributed by atoms with van der Waals surface area (Å²) in [6, 6.07) is 0. The van der Waals surface area contributed by atoms with Crippen LogP contribution in [0.3, 0.4) is 0 Å². The highest BCUT2D eigenvalue weighted by molar-refractivity contribution is 7.99. The third kappa shape index (κ3) is 10.9. The van der Waals surface area contributed by atoms with Crippen LogP contribution in [0.25, 0.3) is 0 Å². The second-order valence-electron chi connectivity index (χ2n) is 5.70. The number of rotatable bonds is 15. The predicted octanol–water partition coefficient (Wildman–Crippen LogP) is 1.11. The van der Waals surface area contributed by atoms with Gasteiger partial charge in [-0.2, -0.15) is 11.8 Å². The lowest BCUT2D eigenvalue weighted by Crippen LogP contribution is -2.43. The van der Waals surface area contributed by atoms with E-state index < -0.39 is 0 Å². The van der Waals surface area contributed by atoms with Crippen molar-refractivity contribution in [2.24, 2.45) is 5.73 Å². The van der Waals surface area contributed by atoms with Crippen LogP contribution < -0.4 is 5.73 Å². The lowest BCUT2D eigenvalue weighted by atomic mass is 10.3. The van der Waals surface area contributed by atoms with E-state index in [4.69, 9.17) is 5.73 Å². The fourth-order valence-electron chi connectivity index (χ4n) is 2.39. The average molecular weight is 361 g/mol. The molecule has 0 aromatic carbocycles. The largest absolute Gasteiger partial charge is 0.370 e. The first-order chi connectivity index (χ1) is 11.5. The molecule has 0 aromatic heterocycles. The zero-order valence-electron chi connectivity index (χ0n) is 15.9. The van der Waals surface area contributed by atoms with Gasteiger partial charge in [-0.25, -0.2) is 0 Å². The van der Waals surface area contributed by atoms with E-state index in [0.29, 0.717) is 17.9 Å². The smallest absolute Gasteiger partial charge is 0.232 e. The van der Waals surface area contributed by atoms with Gasteiger partial charge in [-0.1, -0.05) is 27.7 Å². The molecule has 2 N–H and O–H groups in total. The molecule has 0 saturated heterocycles. The Morgan fingerprint density at radius 2 is 1.29 bits per heavy atom. The SMILES string of the molecule is CCN(CC)CCN(CCN(CC)CC)C(=O)CSCCC(N)=O. The third-order valence-corrected chi connectivity index (χ3v) is 5.18. The Morgan fingerprint density at radius 1 is 0.833 bits per heavy atom. The van der Waals surface area contributed by atoms with Crippen LogP contribution in [-0.2, 0) is 9.59 Å². The highest BCUT2D eigenvalue weighted by Gasteiger charge is 2.15. The van der Waals surface area contributed by atoms with E-state index in [9.17, 15) is 9.59 Å². The summed E-state index contributed by atoms with van der Waals surface area (Å²) in [6.45, 7) is 15.9. The standard InChI is InChI=1S/C17H36N4O2S/c1-5-19(6-2)10-12-21(13-11-20(7-3)8-4)17(23)15-24-14-9-16(18)22/h5-15H2,1-4H3,(H2,18,22). The monoisotopic (exact) mass is 360 g/mol. The van der Waals surface area contributed by atoms with E-state index in [-0.39, 0.29) is 11.8 Å². The van der Waals surface area contributed by atoms with Gasteiger partial charge in [-0.3, -0.25) is 9.59 Å². The Bertz CT molecular complexity index is 331. The number of amides is 2. The molecule has 0 fully saturated rings. The summed E-state index contributed by atoms with van der Waals surface area (Å²) in [7, 11) is 0. The second-order valence-corrected chi connectivity index (χ2v) is 6.81. The Balaban J connectivity index is 4.46. The number of hydrogen-bond donors (Lipinski definition) is 1. The molecule has 0 unspecified atom stereocenters. The minimum absolute atomic E-state index is 0.156. The molecule has 0 bridgehead atoms. The van der Waals surface area contributed by atoms with Crippen LogP contribution in [0.2, 0.25) is 0 Å². The van der Waals surface area contributed by atoms with E-state index in [2.05, 4.69) is 37.5 Å². The van der Waals surface area contributed by atoms with Crippen LogP contribution >= 0.6 is 11.8 Å². The van der Waals surface area contributed by atoms with Crippen molar-refractivity contribution in [3.63, 3.8) is 0 Å². The molecule has 0 spiro atoms. The molecule has 24 heavy (non-hydrogen) atoms. The Morgan fingerprint density at radius 3 is 1.67 bits per heavy atom. The van der Waals surface area contributed by atoms with Gasteiger partial charge in [0.05, 0.1) is 5.75 Å². The molecule has 2 amide bonds. The molecule has 0 atom stereocenters. The van der Waals surface area contributed by atoms with E-state index in [1.165, 1.54) is 11.8 Å². The van der Waals surface area contributed by atoms with Gasteiger partial charge >= 0.3 is 0 Å². The zero-order valence-corrected chi connectivity index (χ0v) is 16.7. The number of primary amides is 1. The minimum atomic E-state index is -0.310. The van der Waals surface area contributed by atoms with E-state index in [0.717, 1.165) is 52.4 Å². The van der Waals surface area contributed by atoms with Gasteiger partial charge in [0.15, 0.2) is 0 Å². The first-order valence-electron chi connectivity index (χ1n) is 9.06. The van der Waals surface area contributed by atoms with Gasteiger partial charge in [0.25, 0.3) is 0 Å². The Hall–Kier alpha value is -0.790. The summed E-state index contributed by atoms with van der Waals surface area (Å²) in [4.78, 5) is 29.9. The minimum Gasteiger partial charge on any atom is -0.370 e. The molecule has 142 valence electrons. The van der Waals surface area contributed by atoms with Crippen molar-refractivity contribution in [1.82, 2.24) is 14.7 Å². The highest BCUT2D eigenvalue weighted by atomic mass is 32.2. The van der Waals surface area contributed by atoms with Crippen LogP contribution in [-0.4, -0.2) is 90.4 Å². The van der Waals surface area contributed by atoms with E-state index in [1.807, 2.05) is 4.90 Å². The van der Waals surface area contributed by atoms with Crippen molar-refractivity contribution in [1.29, 1.82) is 0 Å². The fourth-order valence-corrected chi connectivity index (χ4v) is 3.24. The lowest BCUT2D eigenvalue weighted by molar-refractivity contribution is -0.128. The molecule has 0 aromatic rings. The zero-order chi connectivity index (χ0) is 18.4. The van der Waals surface area contributed by atoms with Gasteiger partial charge in [0, 0.05) is 38.4 Å². The Kier molecular flexibility index (Phi) is 14.1. The summed E-state index contributed by atoms with van der Waals surface area (Å²) in [5, 5.41) is 0. The Labute approximate surface area is 152 Å². The molecule has 0 rings (SSSR count). The van der Waals surface area contributed by atoms with Crippen molar-refractivity contribution in [2.75, 3.05) is 63.9 Å². The van der Waals surface area contributed by atoms with Crippen molar-refractivity contribution in [3.05, 3.63) is 0 Å².